The number of amides is 1. The minimum atomic E-state index is -0.411. The molecule has 7 nitrogen and oxygen atoms in total. The van der Waals surface area contributed by atoms with Crippen LogP contribution in [0.5, 0.6) is 0 Å². The number of anilines is 1. The first-order valence-electron chi connectivity index (χ1n) is 8.41. The summed E-state index contributed by atoms with van der Waals surface area (Å²) in [5.41, 5.74) is 4.93. The molecule has 3 rings (SSSR count). The zero-order valence-corrected chi connectivity index (χ0v) is 15.3. The number of morpholine rings is 1. The fraction of sp³-hybridized carbons (Fsp3) is 0.211. The summed E-state index contributed by atoms with van der Waals surface area (Å²) in [5.74, 6) is -0.411. The molecule has 1 aliphatic heterocycles. The fourth-order valence-corrected chi connectivity index (χ4v) is 2.88. The molecule has 0 bridgehead atoms. The molecule has 2 N–H and O–H groups in total. The predicted octanol–water partition coefficient (Wildman–Crippen LogP) is 2.77. The third kappa shape index (κ3) is 5.06. The topological polar surface area (TPSA) is 86.5 Å². The van der Waals surface area contributed by atoms with Gasteiger partial charge in [0, 0.05) is 34.9 Å². The number of ether oxygens (including phenoxy) is 1. The maximum Gasteiger partial charge on any atom is 0.271 e. The lowest BCUT2D eigenvalue weighted by molar-refractivity contribution is 0.0955. The summed E-state index contributed by atoms with van der Waals surface area (Å²) in [7, 11) is 0. The van der Waals surface area contributed by atoms with Crippen LogP contribution in [0.25, 0.3) is 0 Å². The highest BCUT2D eigenvalue weighted by Crippen LogP contribution is 2.17. The molecule has 1 aliphatic rings. The quantitative estimate of drug-likeness (QED) is 0.470. The number of oxime groups is 1. The van der Waals surface area contributed by atoms with Crippen LogP contribution in [0, 0.1) is 0 Å². The van der Waals surface area contributed by atoms with Gasteiger partial charge in [0.15, 0.2) is 0 Å². The molecule has 0 aliphatic carbocycles. The summed E-state index contributed by atoms with van der Waals surface area (Å²) in [6, 6.07) is 14.2. The SMILES string of the molecule is O=C(N/N=C(\C=N\O)c1ccc(N2CCOCC2)cc1)c1cccc(Cl)c1. The van der Waals surface area contributed by atoms with E-state index < -0.39 is 5.91 Å². The third-order valence-corrected chi connectivity index (χ3v) is 4.32. The van der Waals surface area contributed by atoms with Crippen molar-refractivity contribution in [1.82, 2.24) is 5.43 Å². The number of carbonyl (C=O) groups excluding carboxylic acids is 1. The van der Waals surface area contributed by atoms with Crippen LogP contribution in [0.1, 0.15) is 15.9 Å². The van der Waals surface area contributed by atoms with Crippen LogP contribution >= 0.6 is 11.6 Å². The van der Waals surface area contributed by atoms with E-state index in [2.05, 4.69) is 20.6 Å². The van der Waals surface area contributed by atoms with Gasteiger partial charge in [0.05, 0.1) is 19.4 Å². The van der Waals surface area contributed by atoms with E-state index in [4.69, 9.17) is 21.5 Å². The zero-order chi connectivity index (χ0) is 19.1. The molecule has 0 atom stereocenters. The molecule has 0 unspecified atom stereocenters. The Morgan fingerprint density at radius 1 is 1.15 bits per heavy atom. The molecular formula is C19H19ClN4O3. The molecule has 1 saturated heterocycles. The van der Waals surface area contributed by atoms with Crippen molar-refractivity contribution < 1.29 is 14.7 Å². The average molecular weight is 387 g/mol. The van der Waals surface area contributed by atoms with Crippen molar-refractivity contribution in [2.45, 2.75) is 0 Å². The molecular weight excluding hydrogens is 368 g/mol. The van der Waals surface area contributed by atoms with Crippen molar-refractivity contribution in [3.63, 3.8) is 0 Å². The van der Waals surface area contributed by atoms with Crippen LogP contribution < -0.4 is 10.3 Å². The summed E-state index contributed by atoms with van der Waals surface area (Å²) in [6.45, 7) is 3.10. The van der Waals surface area contributed by atoms with Gasteiger partial charge in [-0.05, 0) is 30.3 Å². The molecule has 2 aromatic rings. The highest BCUT2D eigenvalue weighted by atomic mass is 35.5. The highest BCUT2D eigenvalue weighted by molar-refractivity contribution is 6.38. The van der Waals surface area contributed by atoms with E-state index in [0.29, 0.717) is 35.1 Å². The maximum absolute atomic E-state index is 12.2. The summed E-state index contributed by atoms with van der Waals surface area (Å²) in [6.07, 6.45) is 1.17. The second kappa shape index (κ2) is 9.16. The molecule has 2 aromatic carbocycles. The van der Waals surface area contributed by atoms with Crippen LogP contribution in [-0.2, 0) is 4.74 Å². The van der Waals surface area contributed by atoms with Gasteiger partial charge in [-0.15, -0.1) is 0 Å². The first-order chi connectivity index (χ1) is 13.2. The Balaban J connectivity index is 1.74. The lowest BCUT2D eigenvalue weighted by atomic mass is 10.1. The van der Waals surface area contributed by atoms with Gasteiger partial charge in [-0.25, -0.2) is 5.43 Å². The van der Waals surface area contributed by atoms with Crippen LogP contribution in [0.3, 0.4) is 0 Å². The van der Waals surface area contributed by atoms with Crippen molar-refractivity contribution in [1.29, 1.82) is 0 Å². The van der Waals surface area contributed by atoms with Gasteiger partial charge < -0.3 is 14.8 Å². The van der Waals surface area contributed by atoms with Crippen molar-refractivity contribution in [3.8, 4) is 0 Å². The van der Waals surface area contributed by atoms with Gasteiger partial charge >= 0.3 is 0 Å². The maximum atomic E-state index is 12.2. The van der Waals surface area contributed by atoms with Gasteiger partial charge in [0.25, 0.3) is 5.91 Å². The average Bonchev–Trinajstić information content (AvgIpc) is 2.72. The van der Waals surface area contributed by atoms with E-state index >= 15 is 0 Å². The highest BCUT2D eigenvalue weighted by Gasteiger charge is 2.12. The Hall–Kier alpha value is -2.90. The number of nitrogens with one attached hydrogen (secondary N) is 1. The Morgan fingerprint density at radius 3 is 2.56 bits per heavy atom. The Morgan fingerprint density at radius 2 is 1.89 bits per heavy atom. The van der Waals surface area contributed by atoms with Crippen molar-refractivity contribution in [3.05, 3.63) is 64.7 Å². The molecule has 0 spiro atoms. The lowest BCUT2D eigenvalue weighted by Gasteiger charge is -2.28. The Labute approximate surface area is 161 Å². The van der Waals surface area contributed by atoms with Crippen molar-refractivity contribution in [2.24, 2.45) is 10.3 Å². The smallest absolute Gasteiger partial charge is 0.271 e. The van der Waals surface area contributed by atoms with Gasteiger partial charge in [0.1, 0.15) is 5.71 Å². The third-order valence-electron chi connectivity index (χ3n) is 4.08. The van der Waals surface area contributed by atoms with Crippen LogP contribution in [0.15, 0.2) is 58.8 Å². The van der Waals surface area contributed by atoms with Crippen LogP contribution in [0.4, 0.5) is 5.69 Å². The van der Waals surface area contributed by atoms with E-state index in [1.54, 1.807) is 24.3 Å². The van der Waals surface area contributed by atoms with Gasteiger partial charge in [-0.3, -0.25) is 4.79 Å². The first kappa shape index (κ1) is 18.9. The molecule has 1 amide bonds. The minimum Gasteiger partial charge on any atom is -0.411 e. The molecule has 0 aromatic heterocycles. The standard InChI is InChI=1S/C19H19ClN4O3/c20-16-3-1-2-15(12-16)19(25)23-22-18(13-21-26)14-4-6-17(7-5-14)24-8-10-27-11-9-24/h1-7,12-13,26H,8-11H2,(H,23,25)/b21-13+,22-18+. The van der Waals surface area contributed by atoms with E-state index in [0.717, 1.165) is 18.8 Å². The molecule has 1 fully saturated rings. The molecule has 1 heterocycles. The Bertz CT molecular complexity index is 846. The van der Waals surface area contributed by atoms with Crippen LogP contribution in [0.2, 0.25) is 5.02 Å². The van der Waals surface area contributed by atoms with Crippen molar-refractivity contribution >= 4 is 35.1 Å². The largest absolute Gasteiger partial charge is 0.411 e. The second-order valence-corrected chi connectivity index (χ2v) is 6.28. The number of rotatable bonds is 5. The number of carbonyl (C=O) groups is 1. The summed E-state index contributed by atoms with van der Waals surface area (Å²) < 4.78 is 5.36. The normalized spacial score (nSPS) is 15.1. The van der Waals surface area contributed by atoms with Crippen LogP contribution in [-0.4, -0.2) is 49.3 Å². The van der Waals surface area contributed by atoms with Crippen molar-refractivity contribution in [2.75, 3.05) is 31.2 Å². The number of hydrogen-bond donors (Lipinski definition) is 2. The summed E-state index contributed by atoms with van der Waals surface area (Å²) in [5, 5.41) is 16.5. The van der Waals surface area contributed by atoms with Gasteiger partial charge in [-0.1, -0.05) is 35.0 Å². The fourth-order valence-electron chi connectivity index (χ4n) is 2.69. The number of hydrogen-bond acceptors (Lipinski definition) is 6. The molecule has 27 heavy (non-hydrogen) atoms. The first-order valence-corrected chi connectivity index (χ1v) is 8.79. The monoisotopic (exact) mass is 386 g/mol. The van der Waals surface area contributed by atoms with E-state index in [-0.39, 0.29) is 0 Å². The molecule has 0 radical (unpaired) electrons. The van der Waals surface area contributed by atoms with E-state index in [9.17, 15) is 4.79 Å². The zero-order valence-electron chi connectivity index (χ0n) is 14.5. The van der Waals surface area contributed by atoms with E-state index in [1.165, 1.54) is 6.21 Å². The number of nitrogens with zero attached hydrogens (tertiary/aromatic N) is 3. The van der Waals surface area contributed by atoms with E-state index in [1.807, 2.05) is 24.3 Å². The molecule has 140 valence electrons. The number of halogens is 1. The summed E-state index contributed by atoms with van der Waals surface area (Å²) >= 11 is 5.89. The minimum absolute atomic E-state index is 0.321. The molecule has 0 saturated carbocycles. The number of benzene rings is 2. The van der Waals surface area contributed by atoms with Gasteiger partial charge in [-0.2, -0.15) is 5.10 Å². The molecule has 8 heteroatoms. The Kier molecular flexibility index (Phi) is 6.40. The summed E-state index contributed by atoms with van der Waals surface area (Å²) in [4.78, 5) is 14.4. The second-order valence-electron chi connectivity index (χ2n) is 5.84. The number of hydrazone groups is 1. The van der Waals surface area contributed by atoms with Gasteiger partial charge in [0.2, 0.25) is 0 Å². The predicted molar refractivity (Wildman–Crippen MR) is 105 cm³/mol. The lowest BCUT2D eigenvalue weighted by Crippen LogP contribution is -2.36.